The molecule has 1 atom stereocenters. The zero-order chi connectivity index (χ0) is 9.97. The van der Waals surface area contributed by atoms with E-state index in [1.54, 1.807) is 23.5 Å². The van der Waals surface area contributed by atoms with Crippen molar-refractivity contribution < 1.29 is 4.79 Å². The molecule has 0 aromatic carbocycles. The molecule has 0 aromatic heterocycles. The second-order valence-corrected chi connectivity index (χ2v) is 6.21. The Morgan fingerprint density at radius 3 is 3.07 bits per heavy atom. The molecule has 5 heteroatoms. The molecule has 1 aliphatic heterocycles. The van der Waals surface area contributed by atoms with Crippen molar-refractivity contribution in [1.82, 2.24) is 5.32 Å². The fourth-order valence-electron chi connectivity index (χ4n) is 1.14. The molecule has 0 aromatic rings. The lowest BCUT2D eigenvalue weighted by Gasteiger charge is -2.10. The Bertz CT molecular complexity index is 264. The molecule has 2 rings (SSSR count). The van der Waals surface area contributed by atoms with Gasteiger partial charge in [-0.1, -0.05) is 23.5 Å². The molecule has 0 saturated heterocycles. The fraction of sp³-hybridized carbons (Fsp3) is 0.778. The Balaban J connectivity index is 1.75. The van der Waals surface area contributed by atoms with E-state index < -0.39 is 0 Å². The number of nitrogens with zero attached hydrogens (tertiary/aromatic N) is 1. The molecular formula is C9H14N2OS2. The van der Waals surface area contributed by atoms with Crippen LogP contribution in [0.2, 0.25) is 0 Å². The number of rotatable bonds is 3. The molecule has 2 aliphatic rings. The van der Waals surface area contributed by atoms with Crippen molar-refractivity contribution in [3.8, 4) is 0 Å². The third-order valence-electron chi connectivity index (χ3n) is 2.13. The van der Waals surface area contributed by atoms with Gasteiger partial charge in [-0.15, -0.1) is 0 Å². The molecule has 0 spiro atoms. The van der Waals surface area contributed by atoms with E-state index in [1.807, 2.05) is 6.92 Å². The lowest BCUT2D eigenvalue weighted by Crippen LogP contribution is -2.32. The van der Waals surface area contributed by atoms with Crippen LogP contribution in [-0.4, -0.2) is 33.9 Å². The van der Waals surface area contributed by atoms with E-state index in [1.165, 1.54) is 0 Å². The molecule has 0 radical (unpaired) electrons. The molecule has 1 saturated carbocycles. The molecule has 0 bridgehead atoms. The number of carbonyl (C=O) groups excluding carboxylic acids is 1. The molecule has 78 valence electrons. The fourth-order valence-corrected chi connectivity index (χ4v) is 3.28. The van der Waals surface area contributed by atoms with E-state index in [4.69, 9.17) is 0 Å². The van der Waals surface area contributed by atoms with Crippen molar-refractivity contribution >= 4 is 33.8 Å². The van der Waals surface area contributed by atoms with Crippen LogP contribution in [0, 0.1) is 0 Å². The SMILES string of the molecule is C[C@H](SC1=NCCS1)C(=O)NC1CC1. The average Bonchev–Trinajstić information content (AvgIpc) is 2.81. The van der Waals surface area contributed by atoms with Crippen molar-refractivity contribution in [3.05, 3.63) is 0 Å². The molecular weight excluding hydrogens is 216 g/mol. The number of thioether (sulfide) groups is 2. The predicted octanol–water partition coefficient (Wildman–Crippen LogP) is 1.49. The molecule has 1 fully saturated rings. The summed E-state index contributed by atoms with van der Waals surface area (Å²) in [5.41, 5.74) is 0. The average molecular weight is 230 g/mol. The lowest BCUT2D eigenvalue weighted by molar-refractivity contribution is -0.120. The largest absolute Gasteiger partial charge is 0.352 e. The summed E-state index contributed by atoms with van der Waals surface area (Å²) < 4.78 is 1.07. The first kappa shape index (κ1) is 10.4. The van der Waals surface area contributed by atoms with Gasteiger partial charge in [-0.3, -0.25) is 9.79 Å². The van der Waals surface area contributed by atoms with E-state index >= 15 is 0 Å². The highest BCUT2D eigenvalue weighted by atomic mass is 32.2. The maximum Gasteiger partial charge on any atom is 0.233 e. The normalized spacial score (nSPS) is 23.1. The predicted molar refractivity (Wildman–Crippen MR) is 63.0 cm³/mol. The topological polar surface area (TPSA) is 41.5 Å². The standard InChI is InChI=1S/C9H14N2OS2/c1-6(8(12)11-7-2-3-7)14-9-10-4-5-13-9/h6-7H,2-5H2,1H3,(H,11,12)/t6-/m0/s1. The number of amides is 1. The first-order valence-electron chi connectivity index (χ1n) is 4.90. The van der Waals surface area contributed by atoms with E-state index in [0.717, 1.165) is 29.5 Å². The number of hydrogen-bond acceptors (Lipinski definition) is 4. The van der Waals surface area contributed by atoms with Crippen LogP contribution in [0.1, 0.15) is 19.8 Å². The van der Waals surface area contributed by atoms with Gasteiger partial charge in [-0.25, -0.2) is 0 Å². The number of carbonyl (C=O) groups is 1. The third-order valence-corrected chi connectivity index (χ3v) is 4.43. The highest BCUT2D eigenvalue weighted by Gasteiger charge is 2.26. The van der Waals surface area contributed by atoms with Gasteiger partial charge in [0.25, 0.3) is 0 Å². The Morgan fingerprint density at radius 1 is 1.71 bits per heavy atom. The van der Waals surface area contributed by atoms with Gasteiger partial charge in [0, 0.05) is 11.8 Å². The second-order valence-electron chi connectivity index (χ2n) is 3.54. The first-order valence-corrected chi connectivity index (χ1v) is 6.76. The minimum absolute atomic E-state index is 0.0000463. The van der Waals surface area contributed by atoms with Crippen LogP contribution >= 0.6 is 23.5 Å². The van der Waals surface area contributed by atoms with Gasteiger partial charge in [-0.2, -0.15) is 0 Å². The third kappa shape index (κ3) is 2.92. The molecule has 1 heterocycles. The number of aliphatic imine (C=N–C) groups is 1. The van der Waals surface area contributed by atoms with Gasteiger partial charge in [0.05, 0.1) is 11.8 Å². The van der Waals surface area contributed by atoms with Crippen molar-refractivity contribution in [3.63, 3.8) is 0 Å². The maximum absolute atomic E-state index is 11.6. The summed E-state index contributed by atoms with van der Waals surface area (Å²) in [6.07, 6.45) is 2.30. The van der Waals surface area contributed by atoms with Crippen LogP contribution in [0.5, 0.6) is 0 Å². The molecule has 14 heavy (non-hydrogen) atoms. The summed E-state index contributed by atoms with van der Waals surface area (Å²) >= 11 is 3.34. The first-order chi connectivity index (χ1) is 6.75. The summed E-state index contributed by atoms with van der Waals surface area (Å²) in [5.74, 6) is 1.23. The minimum Gasteiger partial charge on any atom is -0.352 e. The van der Waals surface area contributed by atoms with Crippen molar-refractivity contribution in [2.24, 2.45) is 4.99 Å². The number of nitrogens with one attached hydrogen (secondary N) is 1. The zero-order valence-electron chi connectivity index (χ0n) is 8.16. The van der Waals surface area contributed by atoms with E-state index in [0.29, 0.717) is 6.04 Å². The molecule has 3 nitrogen and oxygen atoms in total. The maximum atomic E-state index is 11.6. The summed E-state index contributed by atoms with van der Waals surface area (Å²) in [6.45, 7) is 2.85. The van der Waals surface area contributed by atoms with Crippen molar-refractivity contribution in [2.45, 2.75) is 31.1 Å². The van der Waals surface area contributed by atoms with Crippen LogP contribution < -0.4 is 5.32 Å². The summed E-state index contributed by atoms with van der Waals surface area (Å²) in [4.78, 5) is 15.9. The van der Waals surface area contributed by atoms with E-state index in [2.05, 4.69) is 10.3 Å². The van der Waals surface area contributed by atoms with Crippen LogP contribution in [0.25, 0.3) is 0 Å². The monoisotopic (exact) mass is 230 g/mol. The van der Waals surface area contributed by atoms with Gasteiger partial charge >= 0.3 is 0 Å². The molecule has 1 N–H and O–H groups in total. The Labute approximate surface area is 92.5 Å². The molecule has 1 amide bonds. The number of hydrogen-bond donors (Lipinski definition) is 1. The van der Waals surface area contributed by atoms with Crippen LogP contribution in [0.15, 0.2) is 4.99 Å². The lowest BCUT2D eigenvalue weighted by atomic mass is 10.4. The quantitative estimate of drug-likeness (QED) is 0.798. The second kappa shape index (κ2) is 4.57. The van der Waals surface area contributed by atoms with Crippen LogP contribution in [0.4, 0.5) is 0 Å². The van der Waals surface area contributed by atoms with Crippen LogP contribution in [0.3, 0.4) is 0 Å². The summed E-state index contributed by atoms with van der Waals surface area (Å²) in [5, 5.41) is 3.00. The van der Waals surface area contributed by atoms with E-state index in [9.17, 15) is 4.79 Å². The summed E-state index contributed by atoms with van der Waals surface area (Å²) in [7, 11) is 0. The highest BCUT2D eigenvalue weighted by molar-refractivity contribution is 8.39. The van der Waals surface area contributed by atoms with Gasteiger partial charge in [-0.05, 0) is 19.8 Å². The molecule has 1 aliphatic carbocycles. The highest BCUT2D eigenvalue weighted by Crippen LogP contribution is 2.26. The van der Waals surface area contributed by atoms with Gasteiger partial charge in [0.1, 0.15) is 4.38 Å². The van der Waals surface area contributed by atoms with Gasteiger partial charge < -0.3 is 5.32 Å². The van der Waals surface area contributed by atoms with Crippen LogP contribution in [-0.2, 0) is 4.79 Å². The van der Waals surface area contributed by atoms with E-state index in [-0.39, 0.29) is 11.2 Å². The van der Waals surface area contributed by atoms with Gasteiger partial charge in [0.2, 0.25) is 5.91 Å². The van der Waals surface area contributed by atoms with Crippen molar-refractivity contribution in [1.29, 1.82) is 0 Å². The minimum atomic E-state index is -0.0000463. The smallest absolute Gasteiger partial charge is 0.233 e. The molecule has 0 unspecified atom stereocenters. The zero-order valence-corrected chi connectivity index (χ0v) is 9.79. The Kier molecular flexibility index (Phi) is 3.38. The van der Waals surface area contributed by atoms with Gasteiger partial charge in [0.15, 0.2) is 0 Å². The Morgan fingerprint density at radius 2 is 2.50 bits per heavy atom. The Hall–Kier alpha value is -0.160. The summed E-state index contributed by atoms with van der Waals surface area (Å²) in [6, 6.07) is 0.462. The van der Waals surface area contributed by atoms with Crippen molar-refractivity contribution in [2.75, 3.05) is 12.3 Å².